The summed E-state index contributed by atoms with van der Waals surface area (Å²) in [7, 11) is -2.22. The number of aliphatic carboxylic acids is 1. The molecular weight excluding hydrogens is 344 g/mol. The molecule has 1 saturated heterocycles. The minimum absolute atomic E-state index is 0.0203. The van der Waals surface area contributed by atoms with Gasteiger partial charge in [-0.25, -0.2) is 13.1 Å². The lowest BCUT2D eigenvalue weighted by Gasteiger charge is -2.31. The Kier molecular flexibility index (Phi) is 5.85. The van der Waals surface area contributed by atoms with Crippen LogP contribution in [0.4, 0.5) is 0 Å². The van der Waals surface area contributed by atoms with Crippen molar-refractivity contribution in [3.8, 4) is 5.75 Å². The van der Waals surface area contributed by atoms with Crippen molar-refractivity contribution in [2.75, 3.05) is 26.7 Å². The Morgan fingerprint density at radius 2 is 2.09 bits per heavy atom. The summed E-state index contributed by atoms with van der Waals surface area (Å²) in [6.07, 6.45) is 1.13. The van der Waals surface area contributed by atoms with Crippen LogP contribution in [0, 0.1) is 0 Å². The van der Waals surface area contributed by atoms with Crippen molar-refractivity contribution in [3.05, 3.63) is 23.2 Å². The van der Waals surface area contributed by atoms with Crippen LogP contribution in [0.1, 0.15) is 12.8 Å². The van der Waals surface area contributed by atoms with E-state index in [4.69, 9.17) is 21.4 Å². The van der Waals surface area contributed by atoms with Crippen molar-refractivity contribution in [2.24, 2.45) is 0 Å². The summed E-state index contributed by atoms with van der Waals surface area (Å²) in [5, 5.41) is 8.99. The molecule has 1 fully saturated rings. The van der Waals surface area contributed by atoms with Gasteiger partial charge in [0.1, 0.15) is 5.75 Å². The second-order valence-corrected chi connectivity index (χ2v) is 7.48. The first-order chi connectivity index (χ1) is 10.8. The Morgan fingerprint density at radius 1 is 1.43 bits per heavy atom. The van der Waals surface area contributed by atoms with Crippen LogP contribution in [0.5, 0.6) is 5.75 Å². The number of rotatable bonds is 6. The van der Waals surface area contributed by atoms with Crippen LogP contribution in [0.3, 0.4) is 0 Å². The summed E-state index contributed by atoms with van der Waals surface area (Å²) in [6.45, 7) is 1.07. The molecule has 1 heterocycles. The van der Waals surface area contributed by atoms with Gasteiger partial charge >= 0.3 is 5.97 Å². The van der Waals surface area contributed by atoms with Crippen LogP contribution in [-0.4, -0.2) is 57.2 Å². The molecule has 0 aliphatic carbocycles. The predicted octanol–water partition coefficient (Wildman–Crippen LogP) is 1.18. The minimum atomic E-state index is -3.67. The number of carbonyl (C=O) groups is 1. The van der Waals surface area contributed by atoms with Gasteiger partial charge in [0.05, 0.1) is 23.6 Å². The van der Waals surface area contributed by atoms with E-state index in [0.29, 0.717) is 31.7 Å². The molecule has 0 bridgehead atoms. The minimum Gasteiger partial charge on any atom is -0.495 e. The lowest BCUT2D eigenvalue weighted by atomic mass is 10.1. The second kappa shape index (κ2) is 7.48. The van der Waals surface area contributed by atoms with Crippen molar-refractivity contribution < 1.29 is 23.1 Å². The highest BCUT2D eigenvalue weighted by Crippen LogP contribution is 2.27. The number of nitrogens with one attached hydrogen (secondary N) is 1. The van der Waals surface area contributed by atoms with Gasteiger partial charge in [-0.2, -0.15) is 0 Å². The Bertz CT molecular complexity index is 672. The third kappa shape index (κ3) is 4.81. The van der Waals surface area contributed by atoms with Gasteiger partial charge in [-0.15, -0.1) is 0 Å². The van der Waals surface area contributed by atoms with Crippen molar-refractivity contribution in [3.63, 3.8) is 0 Å². The van der Waals surface area contributed by atoms with Crippen molar-refractivity contribution >= 4 is 27.6 Å². The summed E-state index contributed by atoms with van der Waals surface area (Å²) < 4.78 is 32.4. The number of hydrogen-bond donors (Lipinski definition) is 2. The Labute approximate surface area is 140 Å². The zero-order chi connectivity index (χ0) is 17.0. The molecule has 7 nitrogen and oxygen atoms in total. The second-order valence-electron chi connectivity index (χ2n) is 5.36. The van der Waals surface area contributed by atoms with Crippen LogP contribution < -0.4 is 9.46 Å². The molecule has 1 aliphatic rings. The van der Waals surface area contributed by atoms with Gasteiger partial charge in [-0.3, -0.25) is 9.69 Å². The van der Waals surface area contributed by atoms with Gasteiger partial charge < -0.3 is 9.84 Å². The zero-order valence-corrected chi connectivity index (χ0v) is 14.2. The van der Waals surface area contributed by atoms with E-state index in [2.05, 4.69) is 4.72 Å². The number of carboxylic acids is 1. The summed E-state index contributed by atoms with van der Waals surface area (Å²) in [4.78, 5) is 12.5. The first-order valence-electron chi connectivity index (χ1n) is 7.12. The van der Waals surface area contributed by atoms with Gasteiger partial charge in [0, 0.05) is 19.1 Å². The molecule has 1 aromatic carbocycles. The van der Waals surface area contributed by atoms with Gasteiger partial charge in [0.2, 0.25) is 10.0 Å². The molecule has 9 heteroatoms. The molecule has 0 unspecified atom stereocenters. The molecule has 1 aromatic rings. The van der Waals surface area contributed by atoms with E-state index < -0.39 is 16.0 Å². The van der Waals surface area contributed by atoms with E-state index >= 15 is 0 Å². The van der Waals surface area contributed by atoms with Crippen molar-refractivity contribution in [1.82, 2.24) is 9.62 Å². The standard InChI is InChI=1S/C14H19ClN2O5S/c1-22-13-3-2-11(8-12(13)15)23(20,21)16-10-4-6-17(7-5-10)9-14(18)19/h2-3,8,10,16H,4-7,9H2,1H3,(H,18,19). The van der Waals surface area contributed by atoms with Crippen LogP contribution in [0.15, 0.2) is 23.1 Å². The molecule has 0 radical (unpaired) electrons. The molecule has 2 rings (SSSR count). The fourth-order valence-corrected chi connectivity index (χ4v) is 4.16. The molecule has 0 amide bonds. The first kappa shape index (κ1) is 18.0. The number of nitrogens with zero attached hydrogens (tertiary/aromatic N) is 1. The lowest BCUT2D eigenvalue weighted by molar-refractivity contribution is -0.138. The average molecular weight is 363 g/mol. The molecule has 0 spiro atoms. The van der Waals surface area contributed by atoms with Gasteiger partial charge in [0.15, 0.2) is 0 Å². The number of methoxy groups -OCH3 is 1. The van der Waals surface area contributed by atoms with E-state index in [9.17, 15) is 13.2 Å². The quantitative estimate of drug-likeness (QED) is 0.788. The summed E-state index contributed by atoms with van der Waals surface area (Å²) in [5.41, 5.74) is 0. The Balaban J connectivity index is 1.99. The van der Waals surface area contributed by atoms with Gasteiger partial charge in [-0.1, -0.05) is 11.6 Å². The molecule has 0 aromatic heterocycles. The van der Waals surface area contributed by atoms with Gasteiger partial charge in [0.25, 0.3) is 0 Å². The molecular formula is C14H19ClN2O5S. The third-order valence-electron chi connectivity index (χ3n) is 3.70. The van der Waals surface area contributed by atoms with Crippen LogP contribution >= 0.6 is 11.6 Å². The number of ether oxygens (including phenoxy) is 1. The van der Waals surface area contributed by atoms with Crippen molar-refractivity contribution in [1.29, 1.82) is 0 Å². The fraction of sp³-hybridized carbons (Fsp3) is 0.500. The van der Waals surface area contributed by atoms with E-state index in [1.165, 1.54) is 25.3 Å². The predicted molar refractivity (Wildman–Crippen MR) is 85.4 cm³/mol. The number of piperidine rings is 1. The maximum absolute atomic E-state index is 12.4. The van der Waals surface area contributed by atoms with E-state index in [-0.39, 0.29) is 22.5 Å². The maximum Gasteiger partial charge on any atom is 0.317 e. The number of hydrogen-bond acceptors (Lipinski definition) is 5. The third-order valence-corrected chi connectivity index (χ3v) is 5.52. The molecule has 0 atom stereocenters. The molecule has 2 N–H and O–H groups in total. The van der Waals surface area contributed by atoms with Crippen LogP contribution in [0.25, 0.3) is 0 Å². The maximum atomic E-state index is 12.4. The lowest BCUT2D eigenvalue weighted by Crippen LogP contribution is -2.45. The Hall–Kier alpha value is -1.35. The smallest absolute Gasteiger partial charge is 0.317 e. The average Bonchev–Trinajstić information content (AvgIpc) is 2.48. The summed E-state index contributed by atoms with van der Waals surface area (Å²) >= 11 is 5.97. The van der Waals surface area contributed by atoms with E-state index in [1.807, 2.05) is 0 Å². The van der Waals surface area contributed by atoms with Crippen LogP contribution in [-0.2, 0) is 14.8 Å². The van der Waals surface area contributed by atoms with Crippen LogP contribution in [0.2, 0.25) is 5.02 Å². The number of halogens is 1. The number of benzene rings is 1. The highest BCUT2D eigenvalue weighted by molar-refractivity contribution is 7.89. The topological polar surface area (TPSA) is 95.9 Å². The molecule has 0 saturated carbocycles. The number of sulfonamides is 1. The van der Waals surface area contributed by atoms with E-state index in [1.54, 1.807) is 4.90 Å². The normalized spacial score (nSPS) is 17.1. The molecule has 1 aliphatic heterocycles. The highest BCUT2D eigenvalue weighted by atomic mass is 35.5. The SMILES string of the molecule is COc1ccc(S(=O)(=O)NC2CCN(CC(=O)O)CC2)cc1Cl. The fourth-order valence-electron chi connectivity index (χ4n) is 2.50. The largest absolute Gasteiger partial charge is 0.495 e. The monoisotopic (exact) mass is 362 g/mol. The molecule has 23 heavy (non-hydrogen) atoms. The van der Waals surface area contributed by atoms with E-state index in [0.717, 1.165) is 0 Å². The first-order valence-corrected chi connectivity index (χ1v) is 8.98. The molecule has 128 valence electrons. The highest BCUT2D eigenvalue weighted by Gasteiger charge is 2.25. The summed E-state index contributed by atoms with van der Waals surface area (Å²) in [6, 6.07) is 4.08. The number of likely N-dealkylation sites (tertiary alicyclic amines) is 1. The summed E-state index contributed by atoms with van der Waals surface area (Å²) in [5.74, 6) is -0.468. The van der Waals surface area contributed by atoms with Crippen molar-refractivity contribution in [2.45, 2.75) is 23.8 Å². The zero-order valence-electron chi connectivity index (χ0n) is 12.7. The Morgan fingerprint density at radius 3 is 2.61 bits per heavy atom. The van der Waals surface area contributed by atoms with Gasteiger partial charge in [-0.05, 0) is 31.0 Å². The number of carboxylic acid groups (broad SMARTS) is 1.